The standard InChI is InChI=1S/C12H16BNO2/c14-7-11-10-6-5-8-3-1-2-4-9(8)12(10)13(15)16-11/h5-6,11,15H,1-4,7,14H2. The van der Waals surface area contributed by atoms with Crippen molar-refractivity contribution >= 4 is 12.6 Å². The molecular weight excluding hydrogens is 201 g/mol. The molecule has 1 aliphatic carbocycles. The number of fused-ring (bicyclic) bond motifs is 3. The Hall–Kier alpha value is -0.835. The van der Waals surface area contributed by atoms with Gasteiger partial charge in [-0.2, -0.15) is 0 Å². The van der Waals surface area contributed by atoms with E-state index in [2.05, 4.69) is 12.1 Å². The van der Waals surface area contributed by atoms with Crippen molar-refractivity contribution < 1.29 is 9.68 Å². The normalized spacial score (nSPS) is 23.1. The fourth-order valence-electron chi connectivity index (χ4n) is 2.93. The van der Waals surface area contributed by atoms with Crippen LogP contribution in [0.5, 0.6) is 0 Å². The van der Waals surface area contributed by atoms with Crippen LogP contribution in [0.1, 0.15) is 35.6 Å². The maximum atomic E-state index is 9.96. The molecule has 0 bridgehead atoms. The van der Waals surface area contributed by atoms with E-state index in [-0.39, 0.29) is 6.10 Å². The fourth-order valence-corrected chi connectivity index (χ4v) is 2.93. The van der Waals surface area contributed by atoms with Crippen LogP contribution in [0, 0.1) is 0 Å². The van der Waals surface area contributed by atoms with Crippen molar-refractivity contribution in [2.24, 2.45) is 5.73 Å². The van der Waals surface area contributed by atoms with E-state index in [1.54, 1.807) is 0 Å². The van der Waals surface area contributed by atoms with E-state index in [1.807, 2.05) is 0 Å². The molecule has 0 saturated carbocycles. The van der Waals surface area contributed by atoms with Gasteiger partial charge in [0, 0.05) is 6.54 Å². The van der Waals surface area contributed by atoms with Crippen LogP contribution in [-0.4, -0.2) is 18.7 Å². The molecule has 2 aliphatic rings. The summed E-state index contributed by atoms with van der Waals surface area (Å²) < 4.78 is 5.48. The highest BCUT2D eigenvalue weighted by Crippen LogP contribution is 2.29. The average Bonchev–Trinajstić information content (AvgIpc) is 2.66. The molecular formula is C12H16BNO2. The van der Waals surface area contributed by atoms with Gasteiger partial charge < -0.3 is 15.4 Å². The van der Waals surface area contributed by atoms with Gasteiger partial charge in [-0.1, -0.05) is 12.1 Å². The highest BCUT2D eigenvalue weighted by Gasteiger charge is 2.37. The fraction of sp³-hybridized carbons (Fsp3) is 0.500. The first-order valence-corrected chi connectivity index (χ1v) is 5.99. The smallest absolute Gasteiger partial charge is 0.423 e. The van der Waals surface area contributed by atoms with E-state index >= 15 is 0 Å². The first-order chi connectivity index (χ1) is 7.81. The van der Waals surface area contributed by atoms with Crippen LogP contribution in [0.4, 0.5) is 0 Å². The number of benzene rings is 1. The third-order valence-corrected chi connectivity index (χ3v) is 3.71. The van der Waals surface area contributed by atoms with Crippen molar-refractivity contribution in [1.82, 2.24) is 0 Å². The molecule has 0 spiro atoms. The number of rotatable bonds is 1. The minimum absolute atomic E-state index is 0.128. The van der Waals surface area contributed by atoms with Crippen LogP contribution in [0.2, 0.25) is 0 Å². The third kappa shape index (κ3) is 1.41. The van der Waals surface area contributed by atoms with E-state index in [0.717, 1.165) is 23.9 Å². The van der Waals surface area contributed by atoms with E-state index in [4.69, 9.17) is 10.4 Å². The molecule has 1 aliphatic heterocycles. The maximum absolute atomic E-state index is 9.96. The molecule has 0 aromatic heterocycles. The summed E-state index contributed by atoms with van der Waals surface area (Å²) in [6.07, 6.45) is 4.53. The van der Waals surface area contributed by atoms with E-state index in [1.165, 1.54) is 24.0 Å². The second-order valence-electron chi connectivity index (χ2n) is 4.63. The van der Waals surface area contributed by atoms with Gasteiger partial charge in [0.25, 0.3) is 0 Å². The van der Waals surface area contributed by atoms with Gasteiger partial charge in [-0.25, -0.2) is 0 Å². The van der Waals surface area contributed by atoms with Crippen molar-refractivity contribution in [3.8, 4) is 0 Å². The van der Waals surface area contributed by atoms with E-state index in [0.29, 0.717) is 6.54 Å². The summed E-state index contributed by atoms with van der Waals surface area (Å²) in [5, 5.41) is 9.96. The lowest BCUT2D eigenvalue weighted by Gasteiger charge is -2.19. The molecule has 84 valence electrons. The number of nitrogens with two attached hydrogens (primary N) is 1. The zero-order valence-corrected chi connectivity index (χ0v) is 9.28. The monoisotopic (exact) mass is 217 g/mol. The highest BCUT2D eigenvalue weighted by molar-refractivity contribution is 6.62. The van der Waals surface area contributed by atoms with Crippen molar-refractivity contribution in [1.29, 1.82) is 0 Å². The average molecular weight is 217 g/mol. The van der Waals surface area contributed by atoms with Crippen molar-refractivity contribution in [2.75, 3.05) is 6.54 Å². The Labute approximate surface area is 95.7 Å². The molecule has 1 unspecified atom stereocenters. The number of hydrogen-bond acceptors (Lipinski definition) is 3. The quantitative estimate of drug-likeness (QED) is 0.664. The Morgan fingerprint density at radius 1 is 1.38 bits per heavy atom. The van der Waals surface area contributed by atoms with Crippen LogP contribution in [0.15, 0.2) is 12.1 Å². The second kappa shape index (κ2) is 3.88. The zero-order chi connectivity index (χ0) is 11.1. The molecule has 0 radical (unpaired) electrons. The molecule has 3 rings (SSSR count). The van der Waals surface area contributed by atoms with Gasteiger partial charge in [-0.05, 0) is 47.8 Å². The molecule has 3 N–H and O–H groups in total. The Kier molecular flexibility index (Phi) is 2.50. The second-order valence-corrected chi connectivity index (χ2v) is 4.63. The number of hydrogen-bond donors (Lipinski definition) is 2. The Morgan fingerprint density at radius 2 is 2.19 bits per heavy atom. The summed E-state index contributed by atoms with van der Waals surface area (Å²) in [4.78, 5) is 0. The molecule has 4 heteroatoms. The van der Waals surface area contributed by atoms with Gasteiger partial charge in [0.05, 0.1) is 6.10 Å². The summed E-state index contributed by atoms with van der Waals surface area (Å²) in [6, 6.07) is 4.25. The molecule has 0 saturated heterocycles. The highest BCUT2D eigenvalue weighted by atomic mass is 16.5. The molecule has 0 amide bonds. The molecule has 1 atom stereocenters. The summed E-state index contributed by atoms with van der Waals surface area (Å²) in [5.74, 6) is 0. The Bertz CT molecular complexity index is 422. The maximum Gasteiger partial charge on any atom is 0.492 e. The lowest BCUT2D eigenvalue weighted by Crippen LogP contribution is -2.33. The van der Waals surface area contributed by atoms with E-state index < -0.39 is 7.12 Å². The first-order valence-electron chi connectivity index (χ1n) is 5.99. The predicted octanol–water partition coefficient (Wildman–Crippen LogP) is 0.283. The van der Waals surface area contributed by atoms with Crippen LogP contribution in [0.3, 0.4) is 0 Å². The van der Waals surface area contributed by atoms with Gasteiger partial charge in [0.1, 0.15) is 0 Å². The zero-order valence-electron chi connectivity index (χ0n) is 9.28. The third-order valence-electron chi connectivity index (χ3n) is 3.71. The van der Waals surface area contributed by atoms with Gasteiger partial charge >= 0.3 is 7.12 Å². The SMILES string of the molecule is NCC1OB(O)c2c1ccc1c2CCCC1. The Morgan fingerprint density at radius 3 is 3.00 bits per heavy atom. The van der Waals surface area contributed by atoms with Crippen molar-refractivity contribution in [2.45, 2.75) is 31.8 Å². The molecule has 16 heavy (non-hydrogen) atoms. The van der Waals surface area contributed by atoms with Crippen LogP contribution >= 0.6 is 0 Å². The molecule has 0 fully saturated rings. The molecule has 1 aromatic rings. The van der Waals surface area contributed by atoms with Crippen molar-refractivity contribution in [3.05, 3.63) is 28.8 Å². The van der Waals surface area contributed by atoms with Gasteiger partial charge in [0.2, 0.25) is 0 Å². The lowest BCUT2D eigenvalue weighted by atomic mass is 9.71. The van der Waals surface area contributed by atoms with Gasteiger partial charge in [-0.15, -0.1) is 0 Å². The summed E-state index contributed by atoms with van der Waals surface area (Å²) in [6.45, 7) is 0.433. The first kappa shape index (κ1) is 10.3. The number of aryl methyl sites for hydroxylation is 1. The van der Waals surface area contributed by atoms with Gasteiger partial charge in [0.15, 0.2) is 0 Å². The van der Waals surface area contributed by atoms with Crippen LogP contribution in [0.25, 0.3) is 0 Å². The topological polar surface area (TPSA) is 55.5 Å². The van der Waals surface area contributed by atoms with Gasteiger partial charge in [-0.3, -0.25) is 0 Å². The summed E-state index contributed by atoms with van der Waals surface area (Å²) in [5.41, 5.74) is 10.4. The minimum Gasteiger partial charge on any atom is -0.423 e. The van der Waals surface area contributed by atoms with E-state index in [9.17, 15) is 5.02 Å². The predicted molar refractivity (Wildman–Crippen MR) is 63.6 cm³/mol. The molecule has 1 aromatic carbocycles. The minimum atomic E-state index is -0.767. The van der Waals surface area contributed by atoms with Crippen molar-refractivity contribution in [3.63, 3.8) is 0 Å². The molecule has 3 nitrogen and oxygen atoms in total. The summed E-state index contributed by atoms with van der Waals surface area (Å²) >= 11 is 0. The van der Waals surface area contributed by atoms with Crippen LogP contribution < -0.4 is 11.2 Å². The summed E-state index contributed by atoms with van der Waals surface area (Å²) in [7, 11) is -0.767. The lowest BCUT2D eigenvalue weighted by molar-refractivity contribution is 0.198. The molecule has 1 heterocycles. The Balaban J connectivity index is 2.13. The largest absolute Gasteiger partial charge is 0.492 e. The van der Waals surface area contributed by atoms with Crippen LogP contribution in [-0.2, 0) is 17.5 Å².